The molecule has 0 aromatic rings. The fourth-order valence-corrected chi connectivity index (χ4v) is 3.34. The zero-order chi connectivity index (χ0) is 25.9. The molecule has 0 spiro atoms. The van der Waals surface area contributed by atoms with Gasteiger partial charge in [-0.2, -0.15) is 0 Å². The first kappa shape index (κ1) is 31.2. The molecule has 188 valence electrons. The van der Waals surface area contributed by atoms with E-state index in [-0.39, 0.29) is 5.91 Å². The molecule has 0 saturated heterocycles. The van der Waals surface area contributed by atoms with E-state index in [0.717, 1.165) is 25.0 Å². The molecule has 4 unspecified atom stereocenters. The van der Waals surface area contributed by atoms with Gasteiger partial charge in [0.1, 0.15) is 12.6 Å². The summed E-state index contributed by atoms with van der Waals surface area (Å²) in [5, 5.41) is 0. The Kier molecular flexibility index (Phi) is 17.1. The Morgan fingerprint density at radius 2 is 1.59 bits per heavy atom. The van der Waals surface area contributed by atoms with Crippen molar-refractivity contribution in [3.63, 3.8) is 0 Å². The van der Waals surface area contributed by atoms with Crippen molar-refractivity contribution in [3.05, 3.63) is 73.9 Å². The van der Waals surface area contributed by atoms with Crippen LogP contribution in [0.15, 0.2) is 73.9 Å². The van der Waals surface area contributed by atoms with E-state index in [4.69, 9.17) is 0 Å². The van der Waals surface area contributed by atoms with Crippen LogP contribution in [-0.2, 0) is 14.4 Å². The molecule has 0 aliphatic heterocycles. The minimum atomic E-state index is -0.526. The predicted molar refractivity (Wildman–Crippen MR) is 143 cm³/mol. The van der Waals surface area contributed by atoms with E-state index >= 15 is 0 Å². The number of hydrogen-bond donors (Lipinski definition) is 0. The van der Waals surface area contributed by atoms with Crippen LogP contribution in [0.3, 0.4) is 0 Å². The van der Waals surface area contributed by atoms with E-state index < -0.39 is 17.9 Å². The average Bonchev–Trinajstić information content (AvgIpc) is 2.87. The lowest BCUT2D eigenvalue weighted by molar-refractivity contribution is -0.139. The van der Waals surface area contributed by atoms with E-state index in [9.17, 15) is 14.4 Å². The second kappa shape index (κ2) is 18.6. The minimum absolute atomic E-state index is 0.230. The Morgan fingerprint density at radius 3 is 2.00 bits per heavy atom. The molecule has 0 N–H and O–H groups in total. The molecule has 0 bridgehead atoms. The quantitative estimate of drug-likeness (QED) is 0.327. The Balaban J connectivity index is 0.000000566. The molecule has 2 aliphatic rings. The van der Waals surface area contributed by atoms with Gasteiger partial charge in [0.15, 0.2) is 0 Å². The monoisotopic (exact) mass is 468 g/mol. The van der Waals surface area contributed by atoms with E-state index in [2.05, 4.69) is 70.2 Å². The van der Waals surface area contributed by atoms with Crippen molar-refractivity contribution >= 4 is 18.5 Å². The van der Waals surface area contributed by atoms with Crippen LogP contribution in [0.25, 0.3) is 0 Å². The summed E-state index contributed by atoms with van der Waals surface area (Å²) in [5.41, 5.74) is 0. The fourth-order valence-electron chi connectivity index (χ4n) is 3.34. The van der Waals surface area contributed by atoms with Gasteiger partial charge in [0.2, 0.25) is 5.91 Å². The number of amides is 1. The molecule has 1 amide bonds. The Hall–Kier alpha value is -2.79. The molecule has 0 heterocycles. The zero-order valence-electron chi connectivity index (χ0n) is 21.7. The highest BCUT2D eigenvalue weighted by Gasteiger charge is 2.30. The molecule has 0 aromatic heterocycles. The Morgan fingerprint density at radius 1 is 1.00 bits per heavy atom. The maximum absolute atomic E-state index is 12.2. The van der Waals surface area contributed by atoms with Crippen LogP contribution in [0.1, 0.15) is 40.0 Å². The number of aldehydes is 2. The maximum Gasteiger partial charge on any atom is 0.230 e. The zero-order valence-corrected chi connectivity index (χ0v) is 21.7. The topological polar surface area (TPSA) is 57.7 Å². The van der Waals surface area contributed by atoms with Gasteiger partial charge >= 0.3 is 0 Å². The van der Waals surface area contributed by atoms with Crippen molar-refractivity contribution < 1.29 is 14.4 Å². The molecule has 0 radical (unpaired) electrons. The van der Waals surface area contributed by atoms with Gasteiger partial charge in [0.05, 0.1) is 12.0 Å². The summed E-state index contributed by atoms with van der Waals surface area (Å²) in [6.07, 6.45) is 23.3. The van der Waals surface area contributed by atoms with Crippen LogP contribution in [-0.4, -0.2) is 61.0 Å². The van der Waals surface area contributed by atoms with E-state index in [1.54, 1.807) is 37.4 Å². The number of likely N-dealkylation sites (N-methyl/N-ethyl adjacent to an activating group) is 2. The standard InChI is InChI=1S/C14H17NO3.C9H19N.C6H8/c1-3-6-12(10-17)15(2)14(18)13-8-5-4-7-11(13)9-16;1-6-9(4)10(5)7-8(2)3;1-2-4-6-5-3-1/h3-5,7-13H,1,6H2,2H3;6,8-9H,1,7H2,2-5H3;1-4H,5-6H2. The summed E-state index contributed by atoms with van der Waals surface area (Å²) in [7, 11) is 3.70. The van der Waals surface area contributed by atoms with Crippen molar-refractivity contribution in [2.24, 2.45) is 17.8 Å². The van der Waals surface area contributed by atoms with Crippen LogP contribution in [0, 0.1) is 17.8 Å². The van der Waals surface area contributed by atoms with E-state index in [1.807, 2.05) is 6.08 Å². The highest BCUT2D eigenvalue weighted by molar-refractivity contribution is 5.86. The molecule has 0 fully saturated rings. The molecular weight excluding hydrogens is 424 g/mol. The summed E-state index contributed by atoms with van der Waals surface area (Å²) in [4.78, 5) is 37.8. The number of rotatable bonds is 10. The third-order valence-electron chi connectivity index (χ3n) is 5.60. The van der Waals surface area contributed by atoms with Gasteiger partial charge in [0.25, 0.3) is 0 Å². The first-order chi connectivity index (χ1) is 16.2. The summed E-state index contributed by atoms with van der Waals surface area (Å²) >= 11 is 0. The molecule has 0 saturated carbocycles. The second-order valence-electron chi connectivity index (χ2n) is 8.93. The van der Waals surface area contributed by atoms with Gasteiger partial charge in [-0.25, -0.2) is 0 Å². The maximum atomic E-state index is 12.2. The van der Waals surface area contributed by atoms with Gasteiger partial charge in [0, 0.05) is 25.6 Å². The largest absolute Gasteiger partial charge is 0.335 e. The predicted octanol–water partition coefficient (Wildman–Crippen LogP) is 5.19. The smallest absolute Gasteiger partial charge is 0.230 e. The minimum Gasteiger partial charge on any atom is -0.335 e. The summed E-state index contributed by atoms with van der Waals surface area (Å²) in [6.45, 7) is 15.1. The van der Waals surface area contributed by atoms with Crippen LogP contribution in [0.5, 0.6) is 0 Å². The van der Waals surface area contributed by atoms with Gasteiger partial charge in [-0.1, -0.05) is 74.6 Å². The third kappa shape index (κ3) is 12.4. The van der Waals surface area contributed by atoms with Crippen molar-refractivity contribution in [3.8, 4) is 0 Å². The molecule has 2 rings (SSSR count). The molecule has 0 aromatic carbocycles. The average molecular weight is 469 g/mol. The molecule has 2 aliphatic carbocycles. The number of allylic oxidation sites excluding steroid dienone is 7. The van der Waals surface area contributed by atoms with Gasteiger partial charge < -0.3 is 19.4 Å². The van der Waals surface area contributed by atoms with Gasteiger partial charge in [-0.15, -0.1) is 13.2 Å². The molecular formula is C29H44N2O3. The van der Waals surface area contributed by atoms with Crippen LogP contribution in [0.4, 0.5) is 0 Å². The summed E-state index contributed by atoms with van der Waals surface area (Å²) in [5.74, 6) is -0.468. The highest BCUT2D eigenvalue weighted by Crippen LogP contribution is 2.21. The lowest BCUT2D eigenvalue weighted by Crippen LogP contribution is -2.43. The summed E-state index contributed by atoms with van der Waals surface area (Å²) in [6, 6.07) is -0.0241. The number of hydrogen-bond acceptors (Lipinski definition) is 4. The van der Waals surface area contributed by atoms with Crippen molar-refractivity contribution in [1.29, 1.82) is 0 Å². The van der Waals surface area contributed by atoms with Crippen LogP contribution < -0.4 is 0 Å². The van der Waals surface area contributed by atoms with Crippen molar-refractivity contribution in [2.45, 2.75) is 52.1 Å². The number of carbonyl (C=O) groups is 3. The van der Waals surface area contributed by atoms with E-state index in [0.29, 0.717) is 12.5 Å². The Labute approximate surface area is 207 Å². The van der Waals surface area contributed by atoms with Crippen LogP contribution in [0.2, 0.25) is 0 Å². The number of nitrogens with zero attached hydrogens (tertiary/aromatic N) is 2. The van der Waals surface area contributed by atoms with E-state index in [1.165, 1.54) is 17.7 Å². The summed E-state index contributed by atoms with van der Waals surface area (Å²) < 4.78 is 0. The van der Waals surface area contributed by atoms with Crippen molar-refractivity contribution in [2.75, 3.05) is 20.6 Å². The van der Waals surface area contributed by atoms with Crippen LogP contribution >= 0.6 is 0 Å². The molecule has 5 heteroatoms. The highest BCUT2D eigenvalue weighted by atomic mass is 16.2. The SMILES string of the molecule is C1=CCCC=C1.C=CC(C)N(C)CC(C)C.C=CCC(C=O)N(C)C(=O)C1C=CC=CC1C=O. The van der Waals surface area contributed by atoms with Crippen molar-refractivity contribution in [1.82, 2.24) is 9.80 Å². The molecule has 4 atom stereocenters. The number of carbonyl (C=O) groups excluding carboxylic acids is 3. The Bertz CT molecular complexity index is 736. The first-order valence-corrected chi connectivity index (χ1v) is 12.0. The van der Waals surface area contributed by atoms with Gasteiger partial charge in [-0.3, -0.25) is 4.79 Å². The molecule has 5 nitrogen and oxygen atoms in total. The first-order valence-electron chi connectivity index (χ1n) is 12.0. The third-order valence-corrected chi connectivity index (χ3v) is 5.60. The molecule has 34 heavy (non-hydrogen) atoms. The second-order valence-corrected chi connectivity index (χ2v) is 8.93. The lowest BCUT2D eigenvalue weighted by Gasteiger charge is -2.28. The normalized spacial score (nSPS) is 19.7. The van der Waals surface area contributed by atoms with Gasteiger partial charge in [-0.05, 0) is 39.2 Å². The fraction of sp³-hybridized carbons (Fsp3) is 0.483. The lowest BCUT2D eigenvalue weighted by atomic mass is 9.88.